The molecular formula is C19H17ClFN3O4. The maximum Gasteiger partial charge on any atom is 0.343 e. The Morgan fingerprint density at radius 2 is 2.00 bits per heavy atom. The van der Waals surface area contributed by atoms with Crippen molar-refractivity contribution in [2.24, 2.45) is 0 Å². The van der Waals surface area contributed by atoms with Crippen LogP contribution in [-0.4, -0.2) is 40.2 Å². The molecule has 1 amide bonds. The molecule has 0 spiro atoms. The van der Waals surface area contributed by atoms with Gasteiger partial charge in [-0.2, -0.15) is 5.10 Å². The molecule has 3 aromatic rings. The number of halogens is 2. The molecule has 2 aromatic heterocycles. The molecule has 2 heterocycles. The van der Waals surface area contributed by atoms with Crippen LogP contribution in [0.4, 0.5) is 4.39 Å². The highest BCUT2D eigenvalue weighted by molar-refractivity contribution is 6.33. The van der Waals surface area contributed by atoms with Gasteiger partial charge in [0.1, 0.15) is 22.3 Å². The molecule has 0 radical (unpaired) electrons. The highest BCUT2D eigenvalue weighted by Gasteiger charge is 2.24. The highest BCUT2D eigenvalue weighted by Crippen LogP contribution is 2.24. The SMILES string of the molecule is Cc1nn(-c2ccc(F)cc2)c(Cl)c1C(=O)OCC(=O)N(C)Cc1ccco1. The van der Waals surface area contributed by atoms with Crippen LogP contribution in [0.2, 0.25) is 5.15 Å². The van der Waals surface area contributed by atoms with E-state index in [0.29, 0.717) is 17.1 Å². The summed E-state index contributed by atoms with van der Waals surface area (Å²) >= 11 is 6.27. The van der Waals surface area contributed by atoms with Gasteiger partial charge in [-0.25, -0.2) is 13.9 Å². The smallest absolute Gasteiger partial charge is 0.343 e. The molecule has 0 fully saturated rings. The predicted molar refractivity (Wildman–Crippen MR) is 98.7 cm³/mol. The molecule has 146 valence electrons. The lowest BCUT2D eigenvalue weighted by Crippen LogP contribution is -2.30. The summed E-state index contributed by atoms with van der Waals surface area (Å²) in [5.74, 6) is -0.956. The minimum atomic E-state index is -0.768. The van der Waals surface area contributed by atoms with Crippen LogP contribution in [0.25, 0.3) is 5.69 Å². The van der Waals surface area contributed by atoms with Gasteiger partial charge in [0.2, 0.25) is 0 Å². The van der Waals surface area contributed by atoms with E-state index in [9.17, 15) is 14.0 Å². The Bertz CT molecular complexity index is 984. The highest BCUT2D eigenvalue weighted by atomic mass is 35.5. The molecule has 0 aliphatic heterocycles. The first-order chi connectivity index (χ1) is 13.4. The van der Waals surface area contributed by atoms with Crippen LogP contribution >= 0.6 is 11.6 Å². The molecule has 0 unspecified atom stereocenters. The molecule has 0 aliphatic carbocycles. The summed E-state index contributed by atoms with van der Waals surface area (Å²) in [4.78, 5) is 25.9. The van der Waals surface area contributed by atoms with E-state index in [0.717, 1.165) is 0 Å². The third-order valence-electron chi connectivity index (χ3n) is 4.00. The lowest BCUT2D eigenvalue weighted by atomic mass is 10.2. The number of rotatable bonds is 6. The van der Waals surface area contributed by atoms with Crippen LogP contribution in [-0.2, 0) is 16.1 Å². The minimum absolute atomic E-state index is 0.0190. The van der Waals surface area contributed by atoms with Crippen molar-refractivity contribution >= 4 is 23.5 Å². The van der Waals surface area contributed by atoms with E-state index >= 15 is 0 Å². The number of likely N-dealkylation sites (N-methyl/N-ethyl adjacent to an activating group) is 1. The Balaban J connectivity index is 1.67. The molecular weight excluding hydrogens is 389 g/mol. The van der Waals surface area contributed by atoms with Crippen LogP contribution in [0, 0.1) is 12.7 Å². The average Bonchev–Trinajstić information content (AvgIpc) is 3.27. The quantitative estimate of drug-likeness (QED) is 0.587. The van der Waals surface area contributed by atoms with E-state index < -0.39 is 24.3 Å². The fraction of sp³-hybridized carbons (Fsp3) is 0.211. The molecule has 0 N–H and O–H groups in total. The summed E-state index contributed by atoms with van der Waals surface area (Å²) in [6.07, 6.45) is 1.51. The van der Waals surface area contributed by atoms with Gasteiger partial charge in [0.05, 0.1) is 24.2 Å². The minimum Gasteiger partial charge on any atom is -0.467 e. The lowest BCUT2D eigenvalue weighted by Gasteiger charge is -2.15. The van der Waals surface area contributed by atoms with Crippen molar-refractivity contribution in [3.05, 3.63) is 70.6 Å². The van der Waals surface area contributed by atoms with Crippen molar-refractivity contribution in [3.8, 4) is 5.69 Å². The first-order valence-electron chi connectivity index (χ1n) is 8.31. The van der Waals surface area contributed by atoms with Gasteiger partial charge in [-0.3, -0.25) is 4.79 Å². The number of aromatic nitrogens is 2. The van der Waals surface area contributed by atoms with Gasteiger partial charge in [0.15, 0.2) is 6.61 Å². The molecule has 3 rings (SSSR count). The van der Waals surface area contributed by atoms with E-state index in [2.05, 4.69) is 5.10 Å². The monoisotopic (exact) mass is 405 g/mol. The third kappa shape index (κ3) is 4.23. The zero-order valence-corrected chi connectivity index (χ0v) is 15.9. The molecule has 1 aromatic carbocycles. The fourth-order valence-electron chi connectivity index (χ4n) is 2.52. The fourth-order valence-corrected chi connectivity index (χ4v) is 2.87. The second-order valence-corrected chi connectivity index (χ2v) is 6.40. The first-order valence-corrected chi connectivity index (χ1v) is 8.69. The summed E-state index contributed by atoms with van der Waals surface area (Å²) in [7, 11) is 1.57. The molecule has 0 aliphatic rings. The Labute approximate surface area is 165 Å². The van der Waals surface area contributed by atoms with Gasteiger partial charge in [0.25, 0.3) is 5.91 Å². The molecule has 7 nitrogen and oxygen atoms in total. The van der Waals surface area contributed by atoms with E-state index in [1.54, 1.807) is 26.1 Å². The number of esters is 1. The van der Waals surface area contributed by atoms with Gasteiger partial charge in [-0.05, 0) is 43.3 Å². The largest absolute Gasteiger partial charge is 0.467 e. The van der Waals surface area contributed by atoms with Crippen LogP contribution in [0.5, 0.6) is 0 Å². The van der Waals surface area contributed by atoms with Gasteiger partial charge < -0.3 is 14.1 Å². The van der Waals surface area contributed by atoms with Gasteiger partial charge in [0, 0.05) is 7.05 Å². The summed E-state index contributed by atoms with van der Waals surface area (Å²) in [6, 6.07) is 8.94. The summed E-state index contributed by atoms with van der Waals surface area (Å²) in [5, 5.41) is 4.22. The van der Waals surface area contributed by atoms with E-state index in [1.807, 2.05) is 0 Å². The summed E-state index contributed by atoms with van der Waals surface area (Å²) in [5.41, 5.74) is 0.867. The molecule has 0 saturated heterocycles. The van der Waals surface area contributed by atoms with E-state index in [4.69, 9.17) is 20.8 Å². The predicted octanol–water partition coefficient (Wildman–Crippen LogP) is 3.38. The zero-order chi connectivity index (χ0) is 20.3. The molecule has 28 heavy (non-hydrogen) atoms. The Kier molecular flexibility index (Phi) is 5.79. The third-order valence-corrected chi connectivity index (χ3v) is 4.35. The maximum absolute atomic E-state index is 13.1. The Morgan fingerprint density at radius 3 is 2.64 bits per heavy atom. The number of furan rings is 1. The lowest BCUT2D eigenvalue weighted by molar-refractivity contribution is -0.133. The van der Waals surface area contributed by atoms with Crippen molar-refractivity contribution in [1.29, 1.82) is 0 Å². The van der Waals surface area contributed by atoms with Crippen molar-refractivity contribution in [2.75, 3.05) is 13.7 Å². The van der Waals surface area contributed by atoms with Gasteiger partial charge >= 0.3 is 5.97 Å². The normalized spacial score (nSPS) is 10.7. The van der Waals surface area contributed by atoms with Crippen molar-refractivity contribution in [2.45, 2.75) is 13.5 Å². The topological polar surface area (TPSA) is 77.6 Å². The van der Waals surface area contributed by atoms with Gasteiger partial charge in [-0.1, -0.05) is 11.6 Å². The number of amides is 1. The number of hydrogen-bond acceptors (Lipinski definition) is 5. The molecule has 0 bridgehead atoms. The second kappa shape index (κ2) is 8.26. The zero-order valence-electron chi connectivity index (χ0n) is 15.2. The number of carbonyl (C=O) groups excluding carboxylic acids is 2. The summed E-state index contributed by atoms with van der Waals surface area (Å²) in [6.45, 7) is 1.40. The molecule has 9 heteroatoms. The summed E-state index contributed by atoms with van der Waals surface area (Å²) < 4.78 is 24.7. The van der Waals surface area contributed by atoms with E-state index in [-0.39, 0.29) is 17.3 Å². The van der Waals surface area contributed by atoms with Crippen LogP contribution in [0.3, 0.4) is 0 Å². The number of nitrogens with zero attached hydrogens (tertiary/aromatic N) is 3. The average molecular weight is 406 g/mol. The van der Waals surface area contributed by atoms with Crippen molar-refractivity contribution in [3.63, 3.8) is 0 Å². The van der Waals surface area contributed by atoms with Crippen molar-refractivity contribution < 1.29 is 23.1 Å². The number of ether oxygens (including phenoxy) is 1. The number of carbonyl (C=O) groups is 2. The molecule has 0 atom stereocenters. The van der Waals surface area contributed by atoms with Crippen LogP contribution < -0.4 is 0 Å². The standard InChI is InChI=1S/C19H17ClFN3O4/c1-12-17(18(20)24(22-12)14-7-5-13(21)6-8-14)19(26)28-11-16(25)23(2)10-15-4-3-9-27-15/h3-9H,10-11H2,1-2H3. The van der Waals surface area contributed by atoms with E-state index in [1.165, 1.54) is 40.1 Å². The first kappa shape index (κ1) is 19.6. The second-order valence-electron chi connectivity index (χ2n) is 6.04. The van der Waals surface area contributed by atoms with Crippen LogP contribution in [0.1, 0.15) is 21.8 Å². The number of aryl methyl sites for hydroxylation is 1. The Morgan fingerprint density at radius 1 is 1.29 bits per heavy atom. The van der Waals surface area contributed by atoms with Gasteiger partial charge in [-0.15, -0.1) is 0 Å². The number of benzene rings is 1. The van der Waals surface area contributed by atoms with Crippen LogP contribution in [0.15, 0.2) is 47.1 Å². The number of hydrogen-bond donors (Lipinski definition) is 0. The molecule has 0 saturated carbocycles. The van der Waals surface area contributed by atoms with Crippen molar-refractivity contribution in [1.82, 2.24) is 14.7 Å². The maximum atomic E-state index is 13.1. The Hall–Kier alpha value is -3.13.